The van der Waals surface area contributed by atoms with E-state index in [1.165, 1.54) is 6.92 Å². The van der Waals surface area contributed by atoms with E-state index in [-0.39, 0.29) is 11.8 Å². The molecule has 0 bridgehead atoms. The van der Waals surface area contributed by atoms with E-state index in [0.717, 1.165) is 17.1 Å². The van der Waals surface area contributed by atoms with Crippen molar-refractivity contribution in [2.45, 2.75) is 47.1 Å². The normalized spacial score (nSPS) is 12.1. The summed E-state index contributed by atoms with van der Waals surface area (Å²) in [5, 5.41) is 5.59. The summed E-state index contributed by atoms with van der Waals surface area (Å²) >= 11 is 0. The van der Waals surface area contributed by atoms with Crippen LogP contribution in [0, 0.1) is 19.8 Å². The maximum atomic E-state index is 12.5. The van der Waals surface area contributed by atoms with Crippen molar-refractivity contribution in [3.63, 3.8) is 0 Å². The number of benzene rings is 1. The number of hydrogen-bond donors (Lipinski definition) is 2. The third-order valence-electron chi connectivity index (χ3n) is 4.07. The average Bonchev–Trinajstić information content (AvgIpc) is 2.86. The number of rotatable bonds is 6. The van der Waals surface area contributed by atoms with Gasteiger partial charge in [0.1, 0.15) is 6.04 Å². The molecule has 6 heteroatoms. The van der Waals surface area contributed by atoms with Crippen molar-refractivity contribution >= 4 is 17.5 Å². The number of hydrogen-bond acceptors (Lipinski definition) is 3. The van der Waals surface area contributed by atoms with Crippen LogP contribution in [0.1, 0.15) is 38.6 Å². The SMILES string of the molecule is CC(=O)N[C@@H](CC(C)C)C(=O)Nc1ccc(-n2cnc(C)c2C)cc1. The number of amides is 2. The van der Waals surface area contributed by atoms with Crippen LogP contribution in [0.3, 0.4) is 0 Å². The minimum Gasteiger partial charge on any atom is -0.345 e. The number of anilines is 1. The molecule has 0 saturated carbocycles. The fraction of sp³-hybridized carbons (Fsp3) is 0.421. The van der Waals surface area contributed by atoms with Crippen molar-refractivity contribution in [1.82, 2.24) is 14.9 Å². The zero-order valence-electron chi connectivity index (χ0n) is 15.5. The van der Waals surface area contributed by atoms with Crippen LogP contribution in [0.4, 0.5) is 5.69 Å². The predicted molar refractivity (Wildman–Crippen MR) is 98.7 cm³/mol. The number of carbonyl (C=O) groups excluding carboxylic acids is 2. The molecule has 2 amide bonds. The van der Waals surface area contributed by atoms with Gasteiger partial charge < -0.3 is 15.2 Å². The zero-order chi connectivity index (χ0) is 18.6. The number of imidazole rings is 1. The van der Waals surface area contributed by atoms with Crippen molar-refractivity contribution in [3.8, 4) is 5.69 Å². The summed E-state index contributed by atoms with van der Waals surface area (Å²) in [6, 6.07) is 7.03. The Morgan fingerprint density at radius 2 is 1.80 bits per heavy atom. The van der Waals surface area contributed by atoms with Gasteiger partial charge in [-0.15, -0.1) is 0 Å². The smallest absolute Gasteiger partial charge is 0.246 e. The van der Waals surface area contributed by atoms with E-state index in [2.05, 4.69) is 15.6 Å². The molecule has 1 aromatic heterocycles. The maximum absolute atomic E-state index is 12.5. The lowest BCUT2D eigenvalue weighted by atomic mass is 10.0. The van der Waals surface area contributed by atoms with Gasteiger partial charge in [-0.25, -0.2) is 4.98 Å². The van der Waals surface area contributed by atoms with Crippen molar-refractivity contribution in [1.29, 1.82) is 0 Å². The minimum atomic E-state index is -0.532. The first-order valence-electron chi connectivity index (χ1n) is 8.47. The lowest BCUT2D eigenvalue weighted by Crippen LogP contribution is -2.43. The van der Waals surface area contributed by atoms with E-state index in [1.807, 2.05) is 56.5 Å². The molecular weight excluding hydrogens is 316 g/mol. The Kier molecular flexibility index (Phi) is 5.96. The second-order valence-electron chi connectivity index (χ2n) is 6.70. The van der Waals surface area contributed by atoms with Gasteiger partial charge in [0.2, 0.25) is 11.8 Å². The quantitative estimate of drug-likeness (QED) is 0.847. The Labute approximate surface area is 148 Å². The second kappa shape index (κ2) is 7.96. The molecular formula is C19H26N4O2. The summed E-state index contributed by atoms with van der Waals surface area (Å²) in [5.74, 6) is -0.106. The Morgan fingerprint density at radius 3 is 2.28 bits per heavy atom. The molecule has 0 saturated heterocycles. The molecule has 0 fully saturated rings. The average molecular weight is 342 g/mol. The number of aryl methyl sites for hydroxylation is 1. The van der Waals surface area contributed by atoms with Crippen LogP contribution in [-0.4, -0.2) is 27.4 Å². The molecule has 0 radical (unpaired) electrons. The largest absolute Gasteiger partial charge is 0.345 e. The third-order valence-corrected chi connectivity index (χ3v) is 4.07. The fourth-order valence-electron chi connectivity index (χ4n) is 2.64. The molecule has 134 valence electrons. The highest BCUT2D eigenvalue weighted by Crippen LogP contribution is 2.17. The van der Waals surface area contributed by atoms with Gasteiger partial charge in [-0.2, -0.15) is 0 Å². The lowest BCUT2D eigenvalue weighted by molar-refractivity contribution is -0.125. The number of carbonyl (C=O) groups is 2. The van der Waals surface area contributed by atoms with Gasteiger partial charge in [-0.3, -0.25) is 9.59 Å². The van der Waals surface area contributed by atoms with E-state index in [4.69, 9.17) is 0 Å². The van der Waals surface area contributed by atoms with Crippen LogP contribution in [-0.2, 0) is 9.59 Å². The molecule has 0 spiro atoms. The minimum absolute atomic E-state index is 0.202. The van der Waals surface area contributed by atoms with Gasteiger partial charge >= 0.3 is 0 Å². The summed E-state index contributed by atoms with van der Waals surface area (Å²) < 4.78 is 2.00. The van der Waals surface area contributed by atoms with E-state index in [9.17, 15) is 9.59 Å². The van der Waals surface area contributed by atoms with Crippen molar-refractivity contribution in [2.75, 3.05) is 5.32 Å². The van der Waals surface area contributed by atoms with Gasteiger partial charge in [-0.1, -0.05) is 13.8 Å². The molecule has 2 N–H and O–H groups in total. The molecule has 0 aliphatic rings. The van der Waals surface area contributed by atoms with Gasteiger partial charge in [0.25, 0.3) is 0 Å². The summed E-state index contributed by atoms with van der Waals surface area (Å²) in [4.78, 5) is 28.1. The van der Waals surface area contributed by atoms with Crippen LogP contribution >= 0.6 is 0 Å². The molecule has 0 unspecified atom stereocenters. The monoisotopic (exact) mass is 342 g/mol. The first kappa shape index (κ1) is 18.7. The Balaban J connectivity index is 2.10. The van der Waals surface area contributed by atoms with Crippen LogP contribution in [0.2, 0.25) is 0 Å². The lowest BCUT2D eigenvalue weighted by Gasteiger charge is -2.19. The van der Waals surface area contributed by atoms with Gasteiger partial charge in [-0.05, 0) is 50.5 Å². The molecule has 25 heavy (non-hydrogen) atoms. The molecule has 0 aliphatic carbocycles. The molecule has 6 nitrogen and oxygen atoms in total. The summed E-state index contributed by atoms with van der Waals surface area (Å²) in [6.07, 6.45) is 2.38. The van der Waals surface area contributed by atoms with Gasteiger partial charge in [0.05, 0.1) is 12.0 Å². The molecule has 2 aromatic rings. The fourth-order valence-corrected chi connectivity index (χ4v) is 2.64. The highest BCUT2D eigenvalue weighted by molar-refractivity contribution is 5.97. The number of nitrogens with zero attached hydrogens (tertiary/aromatic N) is 2. The highest BCUT2D eigenvalue weighted by atomic mass is 16.2. The first-order chi connectivity index (χ1) is 11.8. The third kappa shape index (κ3) is 4.92. The molecule has 1 atom stereocenters. The van der Waals surface area contributed by atoms with E-state index in [1.54, 1.807) is 6.33 Å². The molecule has 0 aliphatic heterocycles. The highest BCUT2D eigenvalue weighted by Gasteiger charge is 2.20. The summed E-state index contributed by atoms with van der Waals surface area (Å²) in [6.45, 7) is 9.45. The topological polar surface area (TPSA) is 76.0 Å². The number of nitrogens with one attached hydrogen (secondary N) is 2. The van der Waals surface area contributed by atoms with Crippen molar-refractivity contribution in [3.05, 3.63) is 42.0 Å². The van der Waals surface area contributed by atoms with Crippen LogP contribution in [0.5, 0.6) is 0 Å². The Morgan fingerprint density at radius 1 is 1.16 bits per heavy atom. The molecule has 2 rings (SSSR count). The van der Waals surface area contributed by atoms with E-state index in [0.29, 0.717) is 18.0 Å². The summed E-state index contributed by atoms with van der Waals surface area (Å²) in [7, 11) is 0. The van der Waals surface area contributed by atoms with E-state index >= 15 is 0 Å². The Hall–Kier alpha value is -2.63. The van der Waals surface area contributed by atoms with E-state index < -0.39 is 6.04 Å². The van der Waals surface area contributed by atoms with Gasteiger partial charge in [0.15, 0.2) is 0 Å². The van der Waals surface area contributed by atoms with Crippen LogP contribution < -0.4 is 10.6 Å². The van der Waals surface area contributed by atoms with Gasteiger partial charge in [0, 0.05) is 24.0 Å². The summed E-state index contributed by atoms with van der Waals surface area (Å²) in [5.41, 5.74) is 3.75. The standard InChI is InChI=1S/C19H26N4O2/c1-12(2)10-18(21-15(5)24)19(25)22-16-6-8-17(9-7-16)23-11-20-13(3)14(23)4/h6-9,11-12,18H,10H2,1-5H3,(H,21,24)(H,22,25)/t18-/m0/s1. The maximum Gasteiger partial charge on any atom is 0.246 e. The predicted octanol–water partition coefficient (Wildman–Crippen LogP) is 2.98. The Bertz CT molecular complexity index is 747. The second-order valence-corrected chi connectivity index (χ2v) is 6.70. The first-order valence-corrected chi connectivity index (χ1v) is 8.47. The number of aromatic nitrogens is 2. The molecule has 1 aromatic carbocycles. The van der Waals surface area contributed by atoms with Crippen molar-refractivity contribution < 1.29 is 9.59 Å². The zero-order valence-corrected chi connectivity index (χ0v) is 15.5. The van der Waals surface area contributed by atoms with Crippen molar-refractivity contribution in [2.24, 2.45) is 5.92 Å². The molecule has 1 heterocycles. The van der Waals surface area contributed by atoms with Crippen LogP contribution in [0.15, 0.2) is 30.6 Å². The van der Waals surface area contributed by atoms with Crippen LogP contribution in [0.25, 0.3) is 5.69 Å².